The van der Waals surface area contributed by atoms with Crippen LogP contribution < -0.4 is 0 Å². The van der Waals surface area contributed by atoms with E-state index >= 15 is 0 Å². The Morgan fingerprint density at radius 1 is 0.425 bits per heavy atom. The molecule has 0 saturated heterocycles. The summed E-state index contributed by atoms with van der Waals surface area (Å²) in [7, 11) is 0. The van der Waals surface area contributed by atoms with Gasteiger partial charge in [-0.15, -0.1) is 0 Å². The average molecular weight is 512 g/mol. The minimum atomic E-state index is 0.714. The zero-order chi connectivity index (χ0) is 26.7. The van der Waals surface area contributed by atoms with Crippen molar-refractivity contribution in [2.45, 2.75) is 0 Å². The predicted octanol–water partition coefficient (Wildman–Crippen LogP) is 9.36. The lowest BCUT2D eigenvalue weighted by molar-refractivity contribution is 1.19. The van der Waals surface area contributed by atoms with Crippen LogP contribution in [0.1, 0.15) is 0 Å². The van der Waals surface area contributed by atoms with Crippen LogP contribution in [0, 0.1) is 0 Å². The number of rotatable bonds is 5. The minimum absolute atomic E-state index is 0.714. The van der Waals surface area contributed by atoms with Crippen LogP contribution in [0.4, 0.5) is 0 Å². The highest BCUT2D eigenvalue weighted by Gasteiger charge is 2.15. The average Bonchev–Trinajstić information content (AvgIpc) is 3.05. The van der Waals surface area contributed by atoms with Crippen LogP contribution >= 0.6 is 0 Å². The van der Waals surface area contributed by atoms with Crippen molar-refractivity contribution in [3.8, 4) is 56.0 Å². The summed E-state index contributed by atoms with van der Waals surface area (Å²) in [6.45, 7) is 0. The van der Waals surface area contributed by atoms with Crippen molar-refractivity contribution in [1.29, 1.82) is 0 Å². The Balaban J connectivity index is 1.39. The van der Waals surface area contributed by atoms with Gasteiger partial charge >= 0.3 is 0 Å². The Hall–Kier alpha value is -5.41. The van der Waals surface area contributed by atoms with Gasteiger partial charge in [-0.05, 0) is 45.2 Å². The molecular formula is C37H25N3. The van der Waals surface area contributed by atoms with Crippen molar-refractivity contribution in [2.24, 2.45) is 0 Å². The first-order valence-corrected chi connectivity index (χ1v) is 13.4. The standard InChI is InChI=1S/C37H25N3/c1-2-9-26(10-3-1)27-18-20-29(21-19-27)36-35(31-14-6-13-30(23-31)32-15-8-22-38-24-32)25-39-37(40-36)34-17-7-12-28-11-4-5-16-33(28)34/h1-25H. The summed E-state index contributed by atoms with van der Waals surface area (Å²) in [5, 5.41) is 2.31. The van der Waals surface area contributed by atoms with Gasteiger partial charge in [0.25, 0.3) is 0 Å². The maximum absolute atomic E-state index is 5.22. The van der Waals surface area contributed by atoms with Crippen molar-refractivity contribution in [3.05, 3.63) is 152 Å². The molecular weight excluding hydrogens is 486 g/mol. The van der Waals surface area contributed by atoms with E-state index in [4.69, 9.17) is 9.97 Å². The molecule has 40 heavy (non-hydrogen) atoms. The van der Waals surface area contributed by atoms with Gasteiger partial charge in [-0.1, -0.05) is 121 Å². The molecule has 3 nitrogen and oxygen atoms in total. The quantitative estimate of drug-likeness (QED) is 0.231. The highest BCUT2D eigenvalue weighted by Crippen LogP contribution is 2.36. The lowest BCUT2D eigenvalue weighted by atomic mass is 9.96. The molecule has 0 unspecified atom stereocenters. The number of aromatic nitrogens is 3. The molecule has 0 saturated carbocycles. The Kier molecular flexibility index (Phi) is 6.15. The van der Waals surface area contributed by atoms with Gasteiger partial charge in [-0.2, -0.15) is 0 Å². The summed E-state index contributed by atoms with van der Waals surface area (Å²) in [6, 6.07) is 46.3. The summed E-state index contributed by atoms with van der Waals surface area (Å²) >= 11 is 0. The molecule has 3 heteroatoms. The van der Waals surface area contributed by atoms with Crippen molar-refractivity contribution in [2.75, 3.05) is 0 Å². The number of fused-ring (bicyclic) bond motifs is 1. The Labute approximate surface area is 233 Å². The van der Waals surface area contributed by atoms with Gasteiger partial charge in [0.1, 0.15) is 0 Å². The van der Waals surface area contributed by atoms with Gasteiger partial charge in [-0.25, -0.2) is 9.97 Å². The fraction of sp³-hybridized carbons (Fsp3) is 0. The first kappa shape index (κ1) is 23.7. The molecule has 2 heterocycles. The van der Waals surface area contributed by atoms with Gasteiger partial charge < -0.3 is 0 Å². The van der Waals surface area contributed by atoms with Gasteiger partial charge in [0.15, 0.2) is 5.82 Å². The number of hydrogen-bond donors (Lipinski definition) is 0. The summed E-state index contributed by atoms with van der Waals surface area (Å²) in [5.74, 6) is 0.714. The van der Waals surface area contributed by atoms with Crippen molar-refractivity contribution in [1.82, 2.24) is 15.0 Å². The van der Waals surface area contributed by atoms with E-state index in [2.05, 4.69) is 126 Å². The molecule has 2 aromatic heterocycles. The third-order valence-electron chi connectivity index (χ3n) is 7.25. The molecule has 7 aromatic rings. The van der Waals surface area contributed by atoms with E-state index in [-0.39, 0.29) is 0 Å². The molecule has 0 aliphatic rings. The van der Waals surface area contributed by atoms with Crippen LogP contribution in [0.25, 0.3) is 66.8 Å². The second-order valence-electron chi connectivity index (χ2n) is 9.75. The third kappa shape index (κ3) is 4.55. The van der Waals surface area contributed by atoms with Crippen LogP contribution in [-0.2, 0) is 0 Å². The van der Waals surface area contributed by atoms with Crippen molar-refractivity contribution < 1.29 is 0 Å². The molecule has 0 radical (unpaired) electrons. The Morgan fingerprint density at radius 2 is 1.10 bits per heavy atom. The lowest BCUT2D eigenvalue weighted by Gasteiger charge is -2.14. The van der Waals surface area contributed by atoms with Crippen LogP contribution in [-0.4, -0.2) is 15.0 Å². The second kappa shape index (κ2) is 10.4. The molecule has 188 valence electrons. The molecule has 7 rings (SSSR count). The zero-order valence-electron chi connectivity index (χ0n) is 21.8. The summed E-state index contributed by atoms with van der Waals surface area (Å²) in [5.41, 5.74) is 9.57. The maximum atomic E-state index is 5.22. The van der Waals surface area contributed by atoms with E-state index in [1.807, 2.05) is 24.5 Å². The molecule has 0 atom stereocenters. The fourth-order valence-electron chi connectivity index (χ4n) is 5.21. The first-order chi connectivity index (χ1) is 19.8. The molecule has 0 bridgehead atoms. The maximum Gasteiger partial charge on any atom is 0.160 e. The molecule has 0 aliphatic heterocycles. The highest BCUT2D eigenvalue weighted by molar-refractivity contribution is 5.96. The summed E-state index contributed by atoms with van der Waals surface area (Å²) < 4.78 is 0. The van der Waals surface area contributed by atoms with E-state index in [1.54, 1.807) is 6.20 Å². The SMILES string of the molecule is c1ccc(-c2ccc(-c3nc(-c4cccc5ccccc45)ncc3-c3cccc(-c4cccnc4)c3)cc2)cc1. The Morgan fingerprint density at radius 3 is 1.95 bits per heavy atom. The van der Waals surface area contributed by atoms with Gasteiger partial charge in [-0.3, -0.25) is 4.98 Å². The normalized spacial score (nSPS) is 11.0. The Bertz CT molecular complexity index is 1920. The zero-order valence-corrected chi connectivity index (χ0v) is 21.8. The molecule has 0 spiro atoms. The predicted molar refractivity (Wildman–Crippen MR) is 165 cm³/mol. The summed E-state index contributed by atoms with van der Waals surface area (Å²) in [4.78, 5) is 14.4. The smallest absolute Gasteiger partial charge is 0.160 e. The molecule has 0 N–H and O–H groups in total. The van der Waals surface area contributed by atoms with Crippen molar-refractivity contribution >= 4 is 10.8 Å². The largest absolute Gasteiger partial charge is 0.264 e. The minimum Gasteiger partial charge on any atom is -0.264 e. The lowest BCUT2D eigenvalue weighted by Crippen LogP contribution is -1.97. The van der Waals surface area contributed by atoms with E-state index in [9.17, 15) is 0 Å². The molecule has 5 aromatic carbocycles. The van der Waals surface area contributed by atoms with E-state index in [0.717, 1.165) is 44.5 Å². The second-order valence-corrected chi connectivity index (χ2v) is 9.75. The molecule has 0 amide bonds. The molecule has 0 aliphatic carbocycles. The van der Waals surface area contributed by atoms with Crippen LogP contribution in [0.3, 0.4) is 0 Å². The molecule has 0 fully saturated rings. The van der Waals surface area contributed by atoms with Gasteiger partial charge in [0, 0.05) is 40.8 Å². The van der Waals surface area contributed by atoms with Gasteiger partial charge in [0.05, 0.1) is 5.69 Å². The van der Waals surface area contributed by atoms with E-state index in [1.165, 1.54) is 16.5 Å². The van der Waals surface area contributed by atoms with Gasteiger partial charge in [0.2, 0.25) is 0 Å². The topological polar surface area (TPSA) is 38.7 Å². The fourth-order valence-corrected chi connectivity index (χ4v) is 5.21. The number of pyridine rings is 1. The van der Waals surface area contributed by atoms with Crippen LogP contribution in [0.2, 0.25) is 0 Å². The number of nitrogens with zero attached hydrogens (tertiary/aromatic N) is 3. The van der Waals surface area contributed by atoms with Crippen LogP contribution in [0.15, 0.2) is 152 Å². The number of hydrogen-bond acceptors (Lipinski definition) is 3. The third-order valence-corrected chi connectivity index (χ3v) is 7.25. The summed E-state index contributed by atoms with van der Waals surface area (Å²) in [6.07, 6.45) is 5.65. The first-order valence-electron chi connectivity index (χ1n) is 13.4. The van der Waals surface area contributed by atoms with Crippen LogP contribution in [0.5, 0.6) is 0 Å². The van der Waals surface area contributed by atoms with Crippen molar-refractivity contribution in [3.63, 3.8) is 0 Å². The highest BCUT2D eigenvalue weighted by atomic mass is 14.9. The number of benzene rings is 5. The van der Waals surface area contributed by atoms with E-state index in [0.29, 0.717) is 5.82 Å². The van der Waals surface area contributed by atoms with E-state index < -0.39 is 0 Å². The monoisotopic (exact) mass is 511 g/mol.